The van der Waals surface area contributed by atoms with E-state index in [-0.39, 0.29) is 36.3 Å². The second kappa shape index (κ2) is 6.62. The summed E-state index contributed by atoms with van der Waals surface area (Å²) in [5.74, 6) is 0.748. The fourth-order valence-corrected chi connectivity index (χ4v) is 4.35. The van der Waals surface area contributed by atoms with Crippen molar-refractivity contribution in [3.05, 3.63) is 0 Å². The van der Waals surface area contributed by atoms with Crippen molar-refractivity contribution >= 4 is 17.8 Å². The van der Waals surface area contributed by atoms with Crippen LogP contribution in [0.1, 0.15) is 71.6 Å². The third kappa shape index (κ3) is 3.29. The predicted octanol–water partition coefficient (Wildman–Crippen LogP) is 3.32. The van der Waals surface area contributed by atoms with Gasteiger partial charge in [-0.3, -0.25) is 19.4 Å². The van der Waals surface area contributed by atoms with Crippen molar-refractivity contribution in [3.8, 4) is 0 Å². The van der Waals surface area contributed by atoms with Crippen LogP contribution >= 0.6 is 0 Å². The molecule has 0 atom stereocenters. The molecular weight excluding hydrogens is 292 g/mol. The number of amides is 4. The second-order valence-electron chi connectivity index (χ2n) is 7.81. The molecule has 1 aliphatic heterocycles. The lowest BCUT2D eigenvalue weighted by atomic mass is 9.85. The van der Waals surface area contributed by atoms with Crippen LogP contribution in [0.25, 0.3) is 0 Å². The summed E-state index contributed by atoms with van der Waals surface area (Å²) in [7, 11) is 0. The molecule has 0 radical (unpaired) electrons. The summed E-state index contributed by atoms with van der Waals surface area (Å²) < 4.78 is 0. The van der Waals surface area contributed by atoms with Gasteiger partial charge in [0.25, 0.3) is 0 Å². The molecule has 4 amide bonds. The first-order valence-corrected chi connectivity index (χ1v) is 9.15. The van der Waals surface area contributed by atoms with Crippen LogP contribution in [0, 0.1) is 11.8 Å². The van der Waals surface area contributed by atoms with Crippen molar-refractivity contribution in [2.75, 3.05) is 0 Å². The van der Waals surface area contributed by atoms with Gasteiger partial charge in [0, 0.05) is 12.1 Å². The van der Waals surface area contributed by atoms with Gasteiger partial charge in [-0.15, -0.1) is 0 Å². The van der Waals surface area contributed by atoms with E-state index in [2.05, 4.69) is 13.8 Å². The topological polar surface area (TPSA) is 57.7 Å². The SMILES string of the molecule is CC1CCC(N2C(=O)CC(=O)N(C3CCC(C)CC3)C2=O)CC1. The summed E-state index contributed by atoms with van der Waals surface area (Å²) in [6.45, 7) is 4.43. The van der Waals surface area contributed by atoms with Crippen LogP contribution < -0.4 is 0 Å². The Bertz CT molecular complexity index is 446. The molecule has 3 aliphatic rings. The van der Waals surface area contributed by atoms with Gasteiger partial charge in [0.2, 0.25) is 11.8 Å². The number of carbonyl (C=O) groups is 3. The minimum absolute atomic E-state index is 0.00989. The van der Waals surface area contributed by atoms with Gasteiger partial charge in [0.05, 0.1) is 0 Å². The van der Waals surface area contributed by atoms with Crippen molar-refractivity contribution in [1.29, 1.82) is 0 Å². The number of imide groups is 2. The largest absolute Gasteiger partial charge is 0.333 e. The maximum atomic E-state index is 12.9. The van der Waals surface area contributed by atoms with Crippen LogP contribution in [0.15, 0.2) is 0 Å². The molecule has 0 aromatic carbocycles. The highest BCUT2D eigenvalue weighted by atomic mass is 16.2. The van der Waals surface area contributed by atoms with E-state index in [0.29, 0.717) is 11.8 Å². The maximum absolute atomic E-state index is 12.9. The first-order chi connectivity index (χ1) is 11.0. The monoisotopic (exact) mass is 320 g/mol. The zero-order chi connectivity index (χ0) is 16.6. The molecule has 0 aromatic heterocycles. The molecule has 3 rings (SSSR count). The Labute approximate surface area is 138 Å². The van der Waals surface area contributed by atoms with Gasteiger partial charge in [0.15, 0.2) is 0 Å². The molecule has 5 nitrogen and oxygen atoms in total. The number of nitrogens with zero attached hydrogens (tertiary/aromatic N) is 2. The van der Waals surface area contributed by atoms with E-state index < -0.39 is 0 Å². The van der Waals surface area contributed by atoms with E-state index in [9.17, 15) is 14.4 Å². The Balaban J connectivity index is 1.74. The smallest absolute Gasteiger partial charge is 0.274 e. The second-order valence-corrected chi connectivity index (χ2v) is 7.81. The maximum Gasteiger partial charge on any atom is 0.333 e. The Kier molecular flexibility index (Phi) is 4.74. The molecule has 0 aromatic rings. The Morgan fingerprint density at radius 3 is 1.35 bits per heavy atom. The molecule has 0 N–H and O–H groups in total. The van der Waals surface area contributed by atoms with E-state index in [4.69, 9.17) is 0 Å². The molecule has 2 saturated carbocycles. The number of carbonyl (C=O) groups excluding carboxylic acids is 3. The zero-order valence-electron chi connectivity index (χ0n) is 14.3. The molecule has 1 saturated heterocycles. The fraction of sp³-hybridized carbons (Fsp3) is 0.833. The number of barbiturate groups is 1. The summed E-state index contributed by atoms with van der Waals surface area (Å²) in [5.41, 5.74) is 0. The van der Waals surface area contributed by atoms with Gasteiger partial charge < -0.3 is 0 Å². The fourth-order valence-electron chi connectivity index (χ4n) is 4.35. The highest BCUT2D eigenvalue weighted by Crippen LogP contribution is 2.33. The van der Waals surface area contributed by atoms with Gasteiger partial charge in [0.1, 0.15) is 6.42 Å². The van der Waals surface area contributed by atoms with Gasteiger partial charge in [-0.05, 0) is 63.2 Å². The van der Waals surface area contributed by atoms with E-state index in [1.165, 1.54) is 9.80 Å². The molecule has 0 unspecified atom stereocenters. The molecule has 23 heavy (non-hydrogen) atoms. The van der Waals surface area contributed by atoms with E-state index in [1.54, 1.807) is 0 Å². The van der Waals surface area contributed by atoms with Crippen molar-refractivity contribution in [2.45, 2.75) is 83.7 Å². The van der Waals surface area contributed by atoms with Crippen LogP contribution in [0.4, 0.5) is 4.79 Å². The van der Waals surface area contributed by atoms with Crippen LogP contribution in [0.5, 0.6) is 0 Å². The minimum Gasteiger partial charge on any atom is -0.274 e. The van der Waals surface area contributed by atoms with Crippen LogP contribution in [0.2, 0.25) is 0 Å². The normalized spacial score (nSPS) is 36.5. The van der Waals surface area contributed by atoms with Gasteiger partial charge in [-0.1, -0.05) is 13.8 Å². The standard InChI is InChI=1S/C18H28N2O3/c1-12-3-7-14(8-4-12)19-16(21)11-17(22)20(18(19)23)15-9-5-13(2)6-10-15/h12-15H,3-11H2,1-2H3. The summed E-state index contributed by atoms with van der Waals surface area (Å²) in [5, 5.41) is 0. The lowest BCUT2D eigenvalue weighted by Gasteiger charge is -2.43. The number of rotatable bonds is 2. The van der Waals surface area contributed by atoms with Crippen LogP contribution in [-0.2, 0) is 9.59 Å². The van der Waals surface area contributed by atoms with Crippen molar-refractivity contribution in [3.63, 3.8) is 0 Å². The molecule has 128 valence electrons. The quantitative estimate of drug-likeness (QED) is 0.733. The Hall–Kier alpha value is -1.39. The van der Waals surface area contributed by atoms with Gasteiger partial charge >= 0.3 is 6.03 Å². The van der Waals surface area contributed by atoms with Crippen LogP contribution in [-0.4, -0.2) is 39.7 Å². The highest BCUT2D eigenvalue weighted by molar-refractivity contribution is 6.14. The number of hydrogen-bond donors (Lipinski definition) is 0. The Morgan fingerprint density at radius 2 is 1.00 bits per heavy atom. The molecule has 3 fully saturated rings. The van der Waals surface area contributed by atoms with Gasteiger partial charge in [-0.25, -0.2) is 4.79 Å². The molecule has 1 heterocycles. The number of hydrogen-bond acceptors (Lipinski definition) is 3. The lowest BCUT2D eigenvalue weighted by Crippen LogP contribution is -2.61. The van der Waals surface area contributed by atoms with Crippen LogP contribution in [0.3, 0.4) is 0 Å². The van der Waals surface area contributed by atoms with Crippen molar-refractivity contribution in [1.82, 2.24) is 9.80 Å². The van der Waals surface area contributed by atoms with Crippen molar-refractivity contribution in [2.24, 2.45) is 11.8 Å². The summed E-state index contributed by atoms with van der Waals surface area (Å²) in [6.07, 6.45) is 7.58. The molecule has 0 spiro atoms. The summed E-state index contributed by atoms with van der Waals surface area (Å²) >= 11 is 0. The predicted molar refractivity (Wildman–Crippen MR) is 86.5 cm³/mol. The summed E-state index contributed by atoms with van der Waals surface area (Å²) in [6, 6.07) is -0.362. The first-order valence-electron chi connectivity index (χ1n) is 9.15. The van der Waals surface area contributed by atoms with Crippen molar-refractivity contribution < 1.29 is 14.4 Å². The highest BCUT2D eigenvalue weighted by Gasteiger charge is 2.45. The molecule has 5 heteroatoms. The van der Waals surface area contributed by atoms with Gasteiger partial charge in [-0.2, -0.15) is 0 Å². The third-order valence-electron chi connectivity index (χ3n) is 5.95. The summed E-state index contributed by atoms with van der Waals surface area (Å²) in [4.78, 5) is 40.4. The van der Waals surface area contributed by atoms with E-state index in [0.717, 1.165) is 51.4 Å². The molecular formula is C18H28N2O3. The first kappa shape index (κ1) is 16.5. The van der Waals surface area contributed by atoms with E-state index in [1.807, 2.05) is 0 Å². The lowest BCUT2D eigenvalue weighted by molar-refractivity contribution is -0.146. The Morgan fingerprint density at radius 1 is 0.652 bits per heavy atom. The third-order valence-corrected chi connectivity index (χ3v) is 5.95. The number of urea groups is 1. The average molecular weight is 320 g/mol. The molecule has 0 bridgehead atoms. The van der Waals surface area contributed by atoms with E-state index >= 15 is 0 Å². The molecule has 2 aliphatic carbocycles. The minimum atomic E-state index is -0.342. The average Bonchev–Trinajstić information content (AvgIpc) is 2.50. The zero-order valence-corrected chi connectivity index (χ0v) is 14.3.